The Hall–Kier alpha value is 0.0400. The molecule has 0 aliphatic carbocycles. The van der Waals surface area contributed by atoms with E-state index in [1.807, 2.05) is 0 Å². The smallest absolute Gasteiger partial charge is 0.308 e. The van der Waals surface area contributed by atoms with Crippen molar-refractivity contribution < 1.29 is 18.3 Å². The van der Waals surface area contributed by atoms with E-state index in [1.165, 1.54) is 15.6 Å². The summed E-state index contributed by atoms with van der Waals surface area (Å²) in [7, 11) is -3.65. The first kappa shape index (κ1) is 15.0. The molecule has 20 heavy (non-hydrogen) atoms. The second-order valence-corrected chi connectivity index (χ2v) is 10.6. The molecule has 2 aliphatic rings. The minimum absolute atomic E-state index is 0.184. The van der Waals surface area contributed by atoms with Crippen molar-refractivity contribution in [3.05, 3.63) is 13.6 Å². The van der Waals surface area contributed by atoms with Crippen molar-refractivity contribution in [3.63, 3.8) is 0 Å². The Kier molecular flexibility index (Phi) is 3.77. The Morgan fingerprint density at radius 2 is 2.10 bits per heavy atom. The molecule has 0 aromatic carbocycles. The van der Waals surface area contributed by atoms with Crippen LogP contribution in [-0.2, 0) is 14.8 Å². The Labute approximate surface area is 137 Å². The maximum Gasteiger partial charge on any atom is 0.308 e. The maximum atomic E-state index is 12.8. The molecule has 9 heteroatoms. The zero-order valence-corrected chi connectivity index (χ0v) is 14.9. The minimum Gasteiger partial charge on any atom is -0.481 e. The highest BCUT2D eigenvalue weighted by atomic mass is 79.9. The summed E-state index contributed by atoms with van der Waals surface area (Å²) in [4.78, 5) is 11.5. The molecule has 3 unspecified atom stereocenters. The Morgan fingerprint density at radius 3 is 2.60 bits per heavy atom. The average Bonchev–Trinajstić information content (AvgIpc) is 3.01. The maximum absolute atomic E-state index is 12.8. The van der Waals surface area contributed by atoms with Gasteiger partial charge in [0.15, 0.2) is 0 Å². The number of nitrogens with zero attached hydrogens (tertiary/aromatic N) is 1. The van der Waals surface area contributed by atoms with Crippen molar-refractivity contribution in [1.82, 2.24) is 4.31 Å². The first-order valence-corrected chi connectivity index (χ1v) is 9.88. The molecule has 1 aromatic rings. The summed E-state index contributed by atoms with van der Waals surface area (Å²) < 4.78 is 28.3. The van der Waals surface area contributed by atoms with Gasteiger partial charge in [0.05, 0.1) is 13.5 Å². The van der Waals surface area contributed by atoms with E-state index < -0.39 is 28.0 Å². The standard InChI is InChI=1S/C11H11Br2NO4S2/c12-9-4-8(10(13)19-9)20(17,18)14-5-1-2-7(14)6(3-5)11(15)16/h4-7H,1-3H2,(H,15,16). The summed E-state index contributed by atoms with van der Waals surface area (Å²) in [5, 5.41) is 9.21. The molecular formula is C11H11Br2NO4S2. The highest BCUT2D eigenvalue weighted by Gasteiger charge is 2.54. The quantitative estimate of drug-likeness (QED) is 0.777. The lowest BCUT2D eigenvalue weighted by molar-refractivity contribution is -0.142. The Bertz CT molecular complexity index is 672. The molecule has 1 N–H and O–H groups in total. The van der Waals surface area contributed by atoms with Crippen LogP contribution in [0.15, 0.2) is 18.5 Å². The lowest BCUT2D eigenvalue weighted by Crippen LogP contribution is -2.37. The van der Waals surface area contributed by atoms with E-state index in [0.29, 0.717) is 16.6 Å². The zero-order chi connectivity index (χ0) is 14.7. The molecule has 0 spiro atoms. The third-order valence-electron chi connectivity index (χ3n) is 3.97. The lowest BCUT2D eigenvalue weighted by atomic mass is 9.89. The molecule has 0 saturated carbocycles. The van der Waals surface area contributed by atoms with Gasteiger partial charge in [-0.05, 0) is 57.2 Å². The molecular weight excluding hydrogens is 434 g/mol. The van der Waals surface area contributed by atoms with Gasteiger partial charge in [-0.25, -0.2) is 8.42 Å². The molecule has 3 atom stereocenters. The van der Waals surface area contributed by atoms with E-state index >= 15 is 0 Å². The van der Waals surface area contributed by atoms with Gasteiger partial charge in [-0.1, -0.05) is 0 Å². The molecule has 2 aliphatic heterocycles. The van der Waals surface area contributed by atoms with Crippen molar-refractivity contribution in [1.29, 1.82) is 0 Å². The number of sulfonamides is 1. The fourth-order valence-electron chi connectivity index (χ4n) is 3.19. The van der Waals surface area contributed by atoms with Crippen molar-refractivity contribution in [2.24, 2.45) is 5.92 Å². The van der Waals surface area contributed by atoms with Crippen LogP contribution in [0.1, 0.15) is 19.3 Å². The number of hydrogen-bond donors (Lipinski definition) is 1. The summed E-state index contributed by atoms with van der Waals surface area (Å²) in [6, 6.07) is 0.974. The van der Waals surface area contributed by atoms with Gasteiger partial charge >= 0.3 is 5.97 Å². The third kappa shape index (κ3) is 2.18. The van der Waals surface area contributed by atoms with Gasteiger partial charge in [-0.2, -0.15) is 4.31 Å². The number of halogens is 2. The Morgan fingerprint density at radius 1 is 1.40 bits per heavy atom. The van der Waals surface area contributed by atoms with Crippen LogP contribution in [0, 0.1) is 5.92 Å². The summed E-state index contributed by atoms with van der Waals surface area (Å²) in [5.41, 5.74) is 0. The zero-order valence-electron chi connectivity index (χ0n) is 10.1. The van der Waals surface area contributed by atoms with Gasteiger partial charge in [0.25, 0.3) is 0 Å². The van der Waals surface area contributed by atoms with Crippen LogP contribution in [0.5, 0.6) is 0 Å². The number of rotatable bonds is 3. The Balaban J connectivity index is 2.01. The largest absolute Gasteiger partial charge is 0.481 e. The molecule has 2 saturated heterocycles. The van der Waals surface area contributed by atoms with Gasteiger partial charge in [-0.15, -0.1) is 11.3 Å². The van der Waals surface area contributed by atoms with Crippen LogP contribution in [0.2, 0.25) is 0 Å². The van der Waals surface area contributed by atoms with Gasteiger partial charge in [0.2, 0.25) is 10.0 Å². The predicted molar refractivity (Wildman–Crippen MR) is 81.3 cm³/mol. The number of carboxylic acid groups (broad SMARTS) is 1. The topological polar surface area (TPSA) is 74.7 Å². The van der Waals surface area contributed by atoms with Crippen molar-refractivity contribution in [2.45, 2.75) is 36.2 Å². The highest BCUT2D eigenvalue weighted by Crippen LogP contribution is 2.47. The summed E-state index contributed by atoms with van der Waals surface area (Å²) in [6.07, 6.45) is 1.79. The molecule has 2 bridgehead atoms. The average molecular weight is 445 g/mol. The molecule has 5 nitrogen and oxygen atoms in total. The second kappa shape index (κ2) is 5.05. The number of hydrogen-bond acceptors (Lipinski definition) is 4. The fourth-order valence-corrected chi connectivity index (χ4v) is 8.87. The second-order valence-electron chi connectivity index (χ2n) is 5.00. The summed E-state index contributed by atoms with van der Waals surface area (Å²) in [5.74, 6) is -1.48. The van der Waals surface area contributed by atoms with E-state index in [1.54, 1.807) is 6.07 Å². The first-order valence-electron chi connectivity index (χ1n) is 6.03. The summed E-state index contributed by atoms with van der Waals surface area (Å²) in [6.45, 7) is 0. The van der Waals surface area contributed by atoms with E-state index in [4.69, 9.17) is 0 Å². The monoisotopic (exact) mass is 443 g/mol. The van der Waals surface area contributed by atoms with E-state index in [0.717, 1.165) is 10.2 Å². The molecule has 3 rings (SSSR count). The SMILES string of the molecule is O=C(O)C1CC2CCC1N2S(=O)(=O)c1cc(Br)sc1Br. The van der Waals surface area contributed by atoms with Crippen LogP contribution in [0.3, 0.4) is 0 Å². The van der Waals surface area contributed by atoms with E-state index in [9.17, 15) is 18.3 Å². The molecule has 1 aromatic heterocycles. The van der Waals surface area contributed by atoms with Gasteiger partial charge in [-0.3, -0.25) is 4.79 Å². The molecule has 3 heterocycles. The third-order valence-corrected chi connectivity index (χ3v) is 8.70. The van der Waals surface area contributed by atoms with Crippen molar-refractivity contribution >= 4 is 59.2 Å². The van der Waals surface area contributed by atoms with Gasteiger partial charge in [0, 0.05) is 12.1 Å². The number of aliphatic carboxylic acids is 1. The molecule has 2 fully saturated rings. The van der Waals surface area contributed by atoms with Crippen molar-refractivity contribution in [2.75, 3.05) is 0 Å². The van der Waals surface area contributed by atoms with Crippen LogP contribution in [0.4, 0.5) is 0 Å². The number of thiophene rings is 1. The van der Waals surface area contributed by atoms with Crippen LogP contribution in [0.25, 0.3) is 0 Å². The number of carbonyl (C=O) groups is 1. The number of carboxylic acids is 1. The van der Waals surface area contributed by atoms with Crippen molar-refractivity contribution in [3.8, 4) is 0 Å². The van der Waals surface area contributed by atoms with E-state index in [2.05, 4.69) is 31.9 Å². The fraction of sp³-hybridized carbons (Fsp3) is 0.545. The molecule has 0 radical (unpaired) electrons. The van der Waals surface area contributed by atoms with E-state index in [-0.39, 0.29) is 10.9 Å². The predicted octanol–water partition coefficient (Wildman–Crippen LogP) is 2.90. The highest BCUT2D eigenvalue weighted by molar-refractivity contribution is 9.12. The first-order chi connectivity index (χ1) is 9.32. The van der Waals surface area contributed by atoms with Gasteiger partial charge in [0.1, 0.15) is 4.90 Å². The normalized spacial score (nSPS) is 30.0. The molecule has 0 amide bonds. The van der Waals surface area contributed by atoms with Crippen LogP contribution < -0.4 is 0 Å². The minimum atomic E-state index is -3.65. The lowest BCUT2D eigenvalue weighted by Gasteiger charge is -2.22. The number of fused-ring (bicyclic) bond motifs is 2. The van der Waals surface area contributed by atoms with Crippen LogP contribution >= 0.6 is 43.2 Å². The van der Waals surface area contributed by atoms with Gasteiger partial charge < -0.3 is 5.11 Å². The molecule has 110 valence electrons. The van der Waals surface area contributed by atoms with Crippen LogP contribution in [-0.4, -0.2) is 35.9 Å². The summed E-state index contributed by atoms with van der Waals surface area (Å²) >= 11 is 7.84.